The van der Waals surface area contributed by atoms with Gasteiger partial charge in [0.1, 0.15) is 5.75 Å². The second-order valence-electron chi connectivity index (χ2n) is 5.60. The second-order valence-corrected chi connectivity index (χ2v) is 5.60. The van der Waals surface area contributed by atoms with Crippen LogP contribution in [0.2, 0.25) is 0 Å². The molecule has 0 saturated carbocycles. The van der Waals surface area contributed by atoms with Gasteiger partial charge in [0.15, 0.2) is 11.5 Å². The zero-order chi connectivity index (χ0) is 19.9. The number of amides is 1. The molecular formula is C19H18F3NO4. The molecule has 0 fully saturated rings. The van der Waals surface area contributed by atoms with Crippen LogP contribution >= 0.6 is 0 Å². The number of hydrogen-bond donors (Lipinski definition) is 1. The normalized spacial score (nSPS) is 11.0. The highest BCUT2D eigenvalue weighted by atomic mass is 19.4. The van der Waals surface area contributed by atoms with Gasteiger partial charge in [0.2, 0.25) is 5.91 Å². The molecule has 8 heteroatoms. The number of anilines is 1. The van der Waals surface area contributed by atoms with Crippen LogP contribution in [0.25, 0.3) is 0 Å². The first-order valence-corrected chi connectivity index (χ1v) is 8.10. The van der Waals surface area contributed by atoms with Gasteiger partial charge in [-0.1, -0.05) is 12.1 Å². The standard InChI is InChI=1S/C19H18F3NO4/c1-26-14-11-9-13(10-12-14)16(24)6-4-8-18(25)23-15-5-2-3-7-17(15)27-19(20,21)22/h2-3,5,7,9-12H,4,6,8H2,1H3,(H,23,25). The number of methoxy groups -OCH3 is 1. The molecule has 2 aromatic rings. The van der Waals surface area contributed by atoms with Crippen molar-refractivity contribution in [2.45, 2.75) is 25.6 Å². The number of alkyl halides is 3. The first kappa shape index (κ1) is 20.3. The number of carbonyl (C=O) groups excluding carboxylic acids is 2. The summed E-state index contributed by atoms with van der Waals surface area (Å²) in [4.78, 5) is 24.0. The monoisotopic (exact) mass is 381 g/mol. The Morgan fingerprint density at radius 2 is 1.67 bits per heavy atom. The van der Waals surface area contributed by atoms with Gasteiger partial charge in [-0.2, -0.15) is 0 Å². The zero-order valence-electron chi connectivity index (χ0n) is 14.5. The maximum absolute atomic E-state index is 12.4. The molecule has 0 saturated heterocycles. The third-order valence-corrected chi connectivity index (χ3v) is 3.61. The Morgan fingerprint density at radius 1 is 1.00 bits per heavy atom. The molecule has 2 aromatic carbocycles. The average molecular weight is 381 g/mol. The first-order valence-electron chi connectivity index (χ1n) is 8.10. The van der Waals surface area contributed by atoms with Gasteiger partial charge in [0.05, 0.1) is 12.8 Å². The summed E-state index contributed by atoms with van der Waals surface area (Å²) in [7, 11) is 1.52. The molecule has 0 unspecified atom stereocenters. The van der Waals surface area contributed by atoms with E-state index in [1.807, 2.05) is 0 Å². The number of ketones is 1. The van der Waals surface area contributed by atoms with Crippen LogP contribution in [0, 0.1) is 0 Å². The van der Waals surface area contributed by atoms with Crippen molar-refractivity contribution in [1.82, 2.24) is 0 Å². The molecule has 0 atom stereocenters. The molecule has 0 heterocycles. The highest BCUT2D eigenvalue weighted by molar-refractivity contribution is 5.97. The molecule has 0 aliphatic rings. The summed E-state index contributed by atoms with van der Waals surface area (Å²) in [5, 5.41) is 2.37. The fourth-order valence-corrected chi connectivity index (χ4v) is 2.33. The number of hydrogen-bond acceptors (Lipinski definition) is 4. The fraction of sp³-hybridized carbons (Fsp3) is 0.263. The first-order chi connectivity index (χ1) is 12.8. The van der Waals surface area contributed by atoms with Crippen LogP contribution in [0.3, 0.4) is 0 Å². The minimum atomic E-state index is -4.86. The van der Waals surface area contributed by atoms with Crippen molar-refractivity contribution < 1.29 is 32.2 Å². The van der Waals surface area contributed by atoms with Gasteiger partial charge < -0.3 is 14.8 Å². The lowest BCUT2D eigenvalue weighted by atomic mass is 10.1. The lowest BCUT2D eigenvalue weighted by Crippen LogP contribution is -2.19. The number of rotatable bonds is 8. The van der Waals surface area contributed by atoms with Gasteiger partial charge in [0.25, 0.3) is 0 Å². The Balaban J connectivity index is 1.85. The van der Waals surface area contributed by atoms with E-state index in [-0.39, 0.29) is 30.7 Å². The molecule has 0 aliphatic heterocycles. The Morgan fingerprint density at radius 3 is 2.30 bits per heavy atom. The SMILES string of the molecule is COc1ccc(C(=O)CCCC(=O)Nc2ccccc2OC(F)(F)F)cc1. The number of para-hydroxylation sites is 2. The molecule has 144 valence electrons. The summed E-state index contributed by atoms with van der Waals surface area (Å²) in [6, 6.07) is 11.8. The molecule has 0 aromatic heterocycles. The van der Waals surface area contributed by atoms with Crippen LogP contribution in [0.5, 0.6) is 11.5 Å². The summed E-state index contributed by atoms with van der Waals surface area (Å²) in [6.45, 7) is 0. The smallest absolute Gasteiger partial charge is 0.497 e. The van der Waals surface area contributed by atoms with Crippen molar-refractivity contribution >= 4 is 17.4 Å². The largest absolute Gasteiger partial charge is 0.573 e. The van der Waals surface area contributed by atoms with Crippen LogP contribution < -0.4 is 14.8 Å². The third kappa shape index (κ3) is 6.65. The van der Waals surface area contributed by atoms with Gasteiger partial charge in [0, 0.05) is 18.4 Å². The van der Waals surface area contributed by atoms with Crippen LogP contribution in [0.1, 0.15) is 29.6 Å². The molecule has 0 spiro atoms. The Hall–Kier alpha value is -3.03. The van der Waals surface area contributed by atoms with E-state index in [9.17, 15) is 22.8 Å². The molecule has 5 nitrogen and oxygen atoms in total. The second kappa shape index (κ2) is 9.07. The van der Waals surface area contributed by atoms with Crippen LogP contribution in [0.15, 0.2) is 48.5 Å². The Bertz CT molecular complexity index is 788. The molecule has 0 bridgehead atoms. The van der Waals surface area contributed by atoms with Crippen molar-refractivity contribution in [2.24, 2.45) is 0 Å². The van der Waals surface area contributed by atoms with E-state index in [1.165, 1.54) is 25.3 Å². The summed E-state index contributed by atoms with van der Waals surface area (Å²) >= 11 is 0. The molecule has 1 amide bonds. The number of carbonyl (C=O) groups is 2. The summed E-state index contributed by atoms with van der Waals surface area (Å²) in [6.07, 6.45) is -4.46. The Kier molecular flexibility index (Phi) is 6.81. The fourth-order valence-electron chi connectivity index (χ4n) is 2.33. The van der Waals surface area contributed by atoms with Gasteiger partial charge in [-0.15, -0.1) is 13.2 Å². The van der Waals surface area contributed by atoms with E-state index in [0.29, 0.717) is 11.3 Å². The number of benzene rings is 2. The topological polar surface area (TPSA) is 64.6 Å². The zero-order valence-corrected chi connectivity index (χ0v) is 14.5. The minimum Gasteiger partial charge on any atom is -0.497 e. The van der Waals surface area contributed by atoms with E-state index in [2.05, 4.69) is 10.1 Å². The van der Waals surface area contributed by atoms with E-state index >= 15 is 0 Å². The van der Waals surface area contributed by atoms with Gasteiger partial charge >= 0.3 is 6.36 Å². The summed E-state index contributed by atoms with van der Waals surface area (Å²) in [5.74, 6) is -0.500. The summed E-state index contributed by atoms with van der Waals surface area (Å²) in [5.41, 5.74) is 0.418. The predicted molar refractivity (Wildman–Crippen MR) is 92.9 cm³/mol. The maximum Gasteiger partial charge on any atom is 0.573 e. The van der Waals surface area contributed by atoms with Gasteiger partial charge in [-0.25, -0.2) is 0 Å². The molecule has 27 heavy (non-hydrogen) atoms. The lowest BCUT2D eigenvalue weighted by Gasteiger charge is -2.13. The summed E-state index contributed by atoms with van der Waals surface area (Å²) < 4.78 is 46.0. The van der Waals surface area contributed by atoms with E-state index in [4.69, 9.17) is 4.74 Å². The van der Waals surface area contributed by atoms with Crippen molar-refractivity contribution in [2.75, 3.05) is 12.4 Å². The number of halogens is 3. The maximum atomic E-state index is 12.4. The number of Topliss-reactive ketones (excluding diaryl/α,β-unsaturated/α-hetero) is 1. The number of ether oxygens (including phenoxy) is 2. The predicted octanol–water partition coefficient (Wildman–Crippen LogP) is 4.59. The van der Waals surface area contributed by atoms with Crippen molar-refractivity contribution in [1.29, 1.82) is 0 Å². The van der Waals surface area contributed by atoms with E-state index < -0.39 is 18.0 Å². The number of nitrogens with one attached hydrogen (secondary N) is 1. The Labute approximate surface area is 154 Å². The molecular weight excluding hydrogens is 363 g/mol. The average Bonchev–Trinajstić information content (AvgIpc) is 2.62. The quantitative estimate of drug-likeness (QED) is 0.680. The van der Waals surface area contributed by atoms with E-state index in [1.54, 1.807) is 24.3 Å². The highest BCUT2D eigenvalue weighted by Gasteiger charge is 2.32. The van der Waals surface area contributed by atoms with Crippen LogP contribution in [-0.4, -0.2) is 25.2 Å². The minimum absolute atomic E-state index is 0.0117. The van der Waals surface area contributed by atoms with E-state index in [0.717, 1.165) is 6.07 Å². The highest BCUT2D eigenvalue weighted by Crippen LogP contribution is 2.30. The van der Waals surface area contributed by atoms with Crippen molar-refractivity contribution in [3.8, 4) is 11.5 Å². The van der Waals surface area contributed by atoms with Crippen molar-refractivity contribution in [3.05, 3.63) is 54.1 Å². The lowest BCUT2D eigenvalue weighted by molar-refractivity contribution is -0.274. The molecule has 0 aliphatic carbocycles. The van der Waals surface area contributed by atoms with Crippen molar-refractivity contribution in [3.63, 3.8) is 0 Å². The third-order valence-electron chi connectivity index (χ3n) is 3.61. The van der Waals surface area contributed by atoms with Crippen LogP contribution in [-0.2, 0) is 4.79 Å². The van der Waals surface area contributed by atoms with Gasteiger partial charge in [-0.3, -0.25) is 9.59 Å². The molecule has 2 rings (SSSR count). The molecule has 0 radical (unpaired) electrons. The van der Waals surface area contributed by atoms with Crippen LogP contribution in [0.4, 0.5) is 18.9 Å². The molecule has 1 N–H and O–H groups in total. The van der Waals surface area contributed by atoms with Gasteiger partial charge in [-0.05, 0) is 42.8 Å².